The molecule has 1 aromatic heterocycles. The molecule has 134 valence electrons. The summed E-state index contributed by atoms with van der Waals surface area (Å²) >= 11 is 0. The fourth-order valence-corrected chi connectivity index (χ4v) is 2.59. The number of aromatic nitrogens is 2. The van der Waals surface area contributed by atoms with Gasteiger partial charge < -0.3 is 16.0 Å². The molecular weight excluding hydrogens is 349 g/mol. The molecule has 2 heterocycles. The normalized spacial score (nSPS) is 12.7. The highest BCUT2D eigenvalue weighted by atomic mass is 35.5. The Morgan fingerprint density at radius 2 is 1.88 bits per heavy atom. The second-order valence-corrected chi connectivity index (χ2v) is 5.45. The Morgan fingerprint density at radius 1 is 1.16 bits per heavy atom. The number of nitrogens with zero attached hydrogens (tertiary/aromatic N) is 1. The maximum Gasteiger partial charge on any atom is 0.272 e. The summed E-state index contributed by atoms with van der Waals surface area (Å²) in [6.07, 6.45) is 0.814. The maximum absolute atomic E-state index is 13.5. The van der Waals surface area contributed by atoms with Crippen LogP contribution in [0.15, 0.2) is 24.3 Å². The van der Waals surface area contributed by atoms with Crippen LogP contribution in [0.4, 0.5) is 4.39 Å². The number of aromatic amines is 1. The Labute approximate surface area is 150 Å². The van der Waals surface area contributed by atoms with Gasteiger partial charge in [0, 0.05) is 43.9 Å². The van der Waals surface area contributed by atoms with Gasteiger partial charge in [-0.1, -0.05) is 12.1 Å². The molecule has 1 aliphatic heterocycles. The SMILES string of the molecule is Cl.O=C(NCCNC(=O)c1n[nH]c2c1CNCC2)c1ccccc1F. The third-order valence-corrected chi connectivity index (χ3v) is 3.84. The van der Waals surface area contributed by atoms with Gasteiger partial charge in [0.25, 0.3) is 11.8 Å². The molecule has 2 amide bonds. The summed E-state index contributed by atoms with van der Waals surface area (Å²) < 4.78 is 13.5. The average molecular weight is 368 g/mol. The lowest BCUT2D eigenvalue weighted by atomic mass is 10.1. The van der Waals surface area contributed by atoms with E-state index in [2.05, 4.69) is 26.1 Å². The lowest BCUT2D eigenvalue weighted by Crippen LogP contribution is -2.35. The number of nitrogens with one attached hydrogen (secondary N) is 4. The van der Waals surface area contributed by atoms with E-state index in [-0.39, 0.29) is 37.0 Å². The molecule has 1 aromatic carbocycles. The zero-order valence-corrected chi connectivity index (χ0v) is 14.2. The topological polar surface area (TPSA) is 98.9 Å². The molecule has 1 aliphatic rings. The highest BCUT2D eigenvalue weighted by molar-refractivity contribution is 5.95. The van der Waals surface area contributed by atoms with E-state index in [0.29, 0.717) is 12.2 Å². The number of halogens is 2. The van der Waals surface area contributed by atoms with E-state index in [0.717, 1.165) is 24.2 Å². The van der Waals surface area contributed by atoms with Crippen LogP contribution in [0, 0.1) is 5.82 Å². The molecule has 0 atom stereocenters. The zero-order valence-electron chi connectivity index (χ0n) is 13.4. The van der Waals surface area contributed by atoms with Crippen molar-refractivity contribution >= 4 is 24.2 Å². The van der Waals surface area contributed by atoms with Crippen LogP contribution in [-0.2, 0) is 13.0 Å². The van der Waals surface area contributed by atoms with Crippen LogP contribution in [0.1, 0.15) is 32.1 Å². The Morgan fingerprint density at radius 3 is 2.64 bits per heavy atom. The molecular formula is C16H19ClFN5O2. The van der Waals surface area contributed by atoms with Gasteiger partial charge in [0.1, 0.15) is 5.82 Å². The molecule has 0 fully saturated rings. The van der Waals surface area contributed by atoms with Crippen LogP contribution >= 0.6 is 12.4 Å². The van der Waals surface area contributed by atoms with Crippen LogP contribution in [0.2, 0.25) is 0 Å². The number of carbonyl (C=O) groups is 2. The average Bonchev–Trinajstić information content (AvgIpc) is 3.03. The summed E-state index contributed by atoms with van der Waals surface area (Å²) in [7, 11) is 0. The Balaban J connectivity index is 0.00000225. The van der Waals surface area contributed by atoms with Crippen molar-refractivity contribution in [3.05, 3.63) is 52.6 Å². The third kappa shape index (κ3) is 4.34. The second kappa shape index (κ2) is 8.59. The van der Waals surface area contributed by atoms with Crippen molar-refractivity contribution < 1.29 is 14.0 Å². The molecule has 2 aromatic rings. The minimum Gasteiger partial charge on any atom is -0.350 e. The van der Waals surface area contributed by atoms with Crippen molar-refractivity contribution in [2.24, 2.45) is 0 Å². The van der Waals surface area contributed by atoms with Crippen LogP contribution < -0.4 is 16.0 Å². The minimum absolute atomic E-state index is 0. The minimum atomic E-state index is -0.574. The summed E-state index contributed by atoms with van der Waals surface area (Å²) in [5.74, 6) is -1.38. The summed E-state index contributed by atoms with van der Waals surface area (Å²) in [6, 6.07) is 5.75. The molecule has 0 unspecified atom stereocenters. The van der Waals surface area contributed by atoms with Gasteiger partial charge in [0.2, 0.25) is 0 Å². The van der Waals surface area contributed by atoms with Crippen LogP contribution in [0.5, 0.6) is 0 Å². The number of amides is 2. The summed E-state index contributed by atoms with van der Waals surface area (Å²) in [5, 5.41) is 15.4. The standard InChI is InChI=1S/C16H18FN5O2.ClH/c17-12-4-2-1-3-10(12)15(23)19-7-8-20-16(24)14-11-9-18-6-5-13(11)21-22-14;/h1-4,18H,5-9H2,(H,19,23)(H,20,24)(H,21,22);1H. The molecule has 0 bridgehead atoms. The van der Waals surface area contributed by atoms with Crippen molar-refractivity contribution in [2.45, 2.75) is 13.0 Å². The van der Waals surface area contributed by atoms with Crippen molar-refractivity contribution in [3.8, 4) is 0 Å². The Hall–Kier alpha value is -2.45. The molecule has 0 saturated carbocycles. The van der Waals surface area contributed by atoms with Crippen LogP contribution in [0.3, 0.4) is 0 Å². The van der Waals surface area contributed by atoms with E-state index in [1.54, 1.807) is 6.07 Å². The summed E-state index contributed by atoms with van der Waals surface area (Å²) in [5.41, 5.74) is 2.22. The first-order valence-electron chi connectivity index (χ1n) is 7.74. The third-order valence-electron chi connectivity index (χ3n) is 3.84. The molecule has 4 N–H and O–H groups in total. The van der Waals surface area contributed by atoms with Crippen molar-refractivity contribution in [1.82, 2.24) is 26.1 Å². The smallest absolute Gasteiger partial charge is 0.272 e. The van der Waals surface area contributed by atoms with Gasteiger partial charge in [0.15, 0.2) is 5.69 Å². The Bertz CT molecular complexity index is 765. The second-order valence-electron chi connectivity index (χ2n) is 5.45. The number of rotatable bonds is 5. The van der Waals surface area contributed by atoms with Gasteiger partial charge >= 0.3 is 0 Å². The predicted molar refractivity (Wildman–Crippen MR) is 92.3 cm³/mol. The van der Waals surface area contributed by atoms with Gasteiger partial charge in [-0.25, -0.2) is 4.39 Å². The molecule has 7 nitrogen and oxygen atoms in total. The lowest BCUT2D eigenvalue weighted by molar-refractivity contribution is 0.0922. The molecule has 25 heavy (non-hydrogen) atoms. The first kappa shape index (κ1) is 18.9. The summed E-state index contributed by atoms with van der Waals surface area (Å²) in [4.78, 5) is 24.0. The monoisotopic (exact) mass is 367 g/mol. The molecule has 0 radical (unpaired) electrons. The fraction of sp³-hybridized carbons (Fsp3) is 0.312. The van der Waals surface area contributed by atoms with E-state index in [9.17, 15) is 14.0 Å². The first-order chi connectivity index (χ1) is 11.7. The van der Waals surface area contributed by atoms with Gasteiger partial charge in [-0.3, -0.25) is 14.7 Å². The number of benzene rings is 1. The van der Waals surface area contributed by atoms with Crippen molar-refractivity contribution in [2.75, 3.05) is 19.6 Å². The molecule has 0 aliphatic carbocycles. The number of hydrogen-bond acceptors (Lipinski definition) is 4. The summed E-state index contributed by atoms with van der Waals surface area (Å²) in [6.45, 7) is 1.90. The van der Waals surface area contributed by atoms with Crippen molar-refractivity contribution in [1.29, 1.82) is 0 Å². The number of H-pyrrole nitrogens is 1. The van der Waals surface area contributed by atoms with E-state index < -0.39 is 11.7 Å². The molecule has 3 rings (SSSR count). The first-order valence-corrected chi connectivity index (χ1v) is 7.74. The van der Waals surface area contributed by atoms with Gasteiger partial charge in [-0.05, 0) is 12.1 Å². The number of fused-ring (bicyclic) bond motifs is 1. The number of hydrogen-bond donors (Lipinski definition) is 4. The van der Waals surface area contributed by atoms with Crippen LogP contribution in [0.25, 0.3) is 0 Å². The lowest BCUT2D eigenvalue weighted by Gasteiger charge is -2.13. The number of carbonyl (C=O) groups excluding carboxylic acids is 2. The van der Waals surface area contributed by atoms with Gasteiger partial charge in [-0.2, -0.15) is 5.10 Å². The van der Waals surface area contributed by atoms with E-state index in [1.807, 2.05) is 0 Å². The predicted octanol–water partition coefficient (Wildman–Crippen LogP) is 0.776. The fourth-order valence-electron chi connectivity index (χ4n) is 2.59. The zero-order chi connectivity index (χ0) is 16.9. The van der Waals surface area contributed by atoms with Crippen LogP contribution in [-0.4, -0.2) is 41.6 Å². The maximum atomic E-state index is 13.5. The highest BCUT2D eigenvalue weighted by Gasteiger charge is 2.21. The highest BCUT2D eigenvalue weighted by Crippen LogP contribution is 2.14. The van der Waals surface area contributed by atoms with E-state index in [1.165, 1.54) is 18.2 Å². The van der Waals surface area contributed by atoms with Gasteiger partial charge in [0.05, 0.1) is 5.56 Å². The molecule has 0 spiro atoms. The van der Waals surface area contributed by atoms with E-state index in [4.69, 9.17) is 0 Å². The largest absolute Gasteiger partial charge is 0.350 e. The molecule has 9 heteroatoms. The quantitative estimate of drug-likeness (QED) is 0.587. The Kier molecular flexibility index (Phi) is 6.49. The van der Waals surface area contributed by atoms with Gasteiger partial charge in [-0.15, -0.1) is 12.4 Å². The molecule has 0 saturated heterocycles. The van der Waals surface area contributed by atoms with Crippen molar-refractivity contribution in [3.63, 3.8) is 0 Å². The van der Waals surface area contributed by atoms with E-state index >= 15 is 0 Å².